The highest BCUT2D eigenvalue weighted by atomic mass is 16.2. The van der Waals surface area contributed by atoms with Gasteiger partial charge in [0.15, 0.2) is 0 Å². The van der Waals surface area contributed by atoms with Gasteiger partial charge in [0, 0.05) is 0 Å². The molecule has 5 aliphatic rings. The number of allylic oxidation sites excluding steroid dienone is 2. The van der Waals surface area contributed by atoms with Gasteiger partial charge in [-0.2, -0.15) is 5.10 Å². The molecule has 4 aliphatic carbocycles. The Morgan fingerprint density at radius 2 is 2.00 bits per heavy atom. The summed E-state index contributed by atoms with van der Waals surface area (Å²) in [6, 6.07) is -0.365. The summed E-state index contributed by atoms with van der Waals surface area (Å²) in [6.45, 7) is 4.61. The van der Waals surface area contributed by atoms with Crippen LogP contribution in [0.3, 0.4) is 0 Å². The van der Waals surface area contributed by atoms with Gasteiger partial charge < -0.3 is 5.32 Å². The van der Waals surface area contributed by atoms with E-state index in [0.717, 1.165) is 49.5 Å². The molecule has 23 heavy (non-hydrogen) atoms. The first-order valence-corrected chi connectivity index (χ1v) is 8.85. The van der Waals surface area contributed by atoms with E-state index in [9.17, 15) is 9.59 Å². The number of fused-ring (bicyclic) bond motifs is 1. The number of nitrogens with zero attached hydrogens (tertiary/aromatic N) is 2. The van der Waals surface area contributed by atoms with Crippen molar-refractivity contribution < 1.29 is 9.59 Å². The number of rotatable bonds is 2. The van der Waals surface area contributed by atoms with Crippen molar-refractivity contribution in [1.29, 1.82) is 0 Å². The first kappa shape index (κ1) is 14.9. The van der Waals surface area contributed by atoms with Gasteiger partial charge in [0.25, 0.3) is 5.91 Å². The smallest absolute Gasteiger partial charge is 0.321 e. The van der Waals surface area contributed by atoms with E-state index in [2.05, 4.69) is 30.3 Å². The molecule has 1 saturated heterocycles. The van der Waals surface area contributed by atoms with Crippen LogP contribution in [0.2, 0.25) is 0 Å². The topological polar surface area (TPSA) is 61.8 Å². The zero-order chi connectivity index (χ0) is 16.2. The number of hydrazone groups is 1. The Morgan fingerprint density at radius 1 is 1.26 bits per heavy atom. The van der Waals surface area contributed by atoms with Crippen LogP contribution in [0.4, 0.5) is 4.79 Å². The number of amides is 3. The highest BCUT2D eigenvalue weighted by Gasteiger charge is 2.53. The van der Waals surface area contributed by atoms with Crippen LogP contribution in [0.15, 0.2) is 16.8 Å². The Kier molecular flexibility index (Phi) is 3.19. The molecule has 1 N–H and O–H groups in total. The minimum atomic E-state index is -0.686. The Balaban J connectivity index is 1.52. The number of urea groups is 1. The van der Waals surface area contributed by atoms with E-state index in [4.69, 9.17) is 0 Å². The molecule has 1 aliphatic heterocycles. The fourth-order valence-electron chi connectivity index (χ4n) is 4.87. The fourth-order valence-corrected chi connectivity index (χ4v) is 4.87. The van der Waals surface area contributed by atoms with E-state index in [0.29, 0.717) is 11.3 Å². The Bertz CT molecular complexity index is 614. The molecular weight excluding hydrogens is 290 g/mol. The number of carbonyl (C=O) groups is 2. The van der Waals surface area contributed by atoms with Crippen LogP contribution in [0.25, 0.3) is 0 Å². The molecule has 2 unspecified atom stereocenters. The molecule has 3 amide bonds. The molecule has 0 radical (unpaired) electrons. The van der Waals surface area contributed by atoms with Crippen molar-refractivity contribution in [3.8, 4) is 0 Å². The standard InChI is InChI=1S/C18H25N3O2/c1-17(2)13-7-6-12(14(17)10-13)11-19-21-15(22)18(20-16(21)23)8-4-3-5-9-18/h6,11,13-14H,3-5,7-10H2,1-2H3,(H,20,23)/b19-11+. The number of hydrogen-bond donors (Lipinski definition) is 1. The zero-order valence-electron chi connectivity index (χ0n) is 14.0. The summed E-state index contributed by atoms with van der Waals surface area (Å²) in [6.07, 6.45) is 10.9. The van der Waals surface area contributed by atoms with Gasteiger partial charge in [-0.25, -0.2) is 4.79 Å². The molecule has 2 saturated carbocycles. The maximum absolute atomic E-state index is 12.7. The average Bonchev–Trinajstić information content (AvgIpc) is 2.76. The van der Waals surface area contributed by atoms with Crippen LogP contribution in [0.5, 0.6) is 0 Å². The first-order valence-electron chi connectivity index (χ1n) is 8.85. The van der Waals surface area contributed by atoms with E-state index in [1.165, 1.54) is 12.0 Å². The van der Waals surface area contributed by atoms with Crippen molar-refractivity contribution >= 4 is 18.2 Å². The van der Waals surface area contributed by atoms with E-state index in [1.54, 1.807) is 6.21 Å². The number of imide groups is 1. The lowest BCUT2D eigenvalue weighted by Crippen LogP contribution is -2.48. The summed E-state index contributed by atoms with van der Waals surface area (Å²) in [5.74, 6) is 1.11. The fraction of sp³-hybridized carbons (Fsp3) is 0.722. The summed E-state index contributed by atoms with van der Waals surface area (Å²) in [5, 5.41) is 8.24. The van der Waals surface area contributed by atoms with Crippen molar-refractivity contribution in [2.24, 2.45) is 22.4 Å². The zero-order valence-corrected chi connectivity index (χ0v) is 14.0. The third kappa shape index (κ3) is 2.08. The minimum absolute atomic E-state index is 0.166. The maximum Gasteiger partial charge on any atom is 0.346 e. The highest BCUT2D eigenvalue weighted by molar-refractivity contribution is 6.07. The molecule has 0 aromatic rings. The highest BCUT2D eigenvalue weighted by Crippen LogP contribution is 2.58. The molecule has 2 atom stereocenters. The van der Waals surface area contributed by atoms with Gasteiger partial charge in [0.1, 0.15) is 5.54 Å². The van der Waals surface area contributed by atoms with Gasteiger partial charge in [0.2, 0.25) is 0 Å². The Hall–Kier alpha value is -1.65. The molecule has 1 heterocycles. The molecular formula is C18H25N3O2. The Morgan fingerprint density at radius 3 is 2.65 bits per heavy atom. The van der Waals surface area contributed by atoms with Crippen LogP contribution in [0, 0.1) is 17.3 Å². The van der Waals surface area contributed by atoms with Gasteiger partial charge in [-0.3, -0.25) is 4.79 Å². The molecule has 0 aromatic carbocycles. The largest absolute Gasteiger partial charge is 0.346 e. The quantitative estimate of drug-likeness (QED) is 0.628. The monoisotopic (exact) mass is 315 g/mol. The van der Waals surface area contributed by atoms with Crippen LogP contribution >= 0.6 is 0 Å². The first-order chi connectivity index (χ1) is 10.9. The van der Waals surface area contributed by atoms with Gasteiger partial charge in [-0.15, -0.1) is 5.01 Å². The van der Waals surface area contributed by atoms with E-state index in [-0.39, 0.29) is 11.9 Å². The lowest BCUT2D eigenvalue weighted by Gasteiger charge is -2.55. The second kappa shape index (κ2) is 4.92. The second-order valence-corrected chi connectivity index (χ2v) is 8.18. The summed E-state index contributed by atoms with van der Waals surface area (Å²) in [5.41, 5.74) is 0.814. The lowest BCUT2D eigenvalue weighted by atomic mass is 9.49. The molecule has 2 bridgehead atoms. The normalized spacial score (nSPS) is 34.5. The maximum atomic E-state index is 12.7. The lowest BCUT2D eigenvalue weighted by molar-refractivity contribution is -0.132. The van der Waals surface area contributed by atoms with Crippen molar-refractivity contribution in [3.05, 3.63) is 11.6 Å². The molecule has 0 aromatic heterocycles. The third-order valence-electron chi connectivity index (χ3n) is 6.68. The summed E-state index contributed by atoms with van der Waals surface area (Å²) >= 11 is 0. The molecule has 3 fully saturated rings. The van der Waals surface area contributed by atoms with Crippen LogP contribution < -0.4 is 5.32 Å². The summed E-state index contributed by atoms with van der Waals surface area (Å²) in [4.78, 5) is 24.9. The molecule has 5 rings (SSSR count). The average molecular weight is 315 g/mol. The van der Waals surface area contributed by atoms with Gasteiger partial charge in [-0.1, -0.05) is 39.2 Å². The number of hydrogen-bond acceptors (Lipinski definition) is 3. The number of nitrogens with one attached hydrogen (secondary N) is 1. The van der Waals surface area contributed by atoms with Crippen molar-refractivity contribution in [2.75, 3.05) is 0 Å². The molecule has 124 valence electrons. The predicted octanol–water partition coefficient (Wildman–Crippen LogP) is 3.22. The molecule has 1 spiro atoms. The molecule has 5 heteroatoms. The minimum Gasteiger partial charge on any atom is -0.321 e. The van der Waals surface area contributed by atoms with Gasteiger partial charge >= 0.3 is 6.03 Å². The summed E-state index contributed by atoms with van der Waals surface area (Å²) in [7, 11) is 0. The van der Waals surface area contributed by atoms with E-state index in [1.807, 2.05) is 0 Å². The van der Waals surface area contributed by atoms with Gasteiger partial charge in [0.05, 0.1) is 6.21 Å². The SMILES string of the molecule is CC1(C)C2CC=C(/C=N/N3C(=O)NC4(CCCCC4)C3=O)C1C2. The third-order valence-corrected chi connectivity index (χ3v) is 6.68. The number of carbonyl (C=O) groups excluding carboxylic acids is 2. The summed E-state index contributed by atoms with van der Waals surface area (Å²) < 4.78 is 0. The van der Waals surface area contributed by atoms with E-state index >= 15 is 0 Å². The predicted molar refractivity (Wildman–Crippen MR) is 87.8 cm³/mol. The van der Waals surface area contributed by atoms with Crippen LogP contribution in [-0.4, -0.2) is 28.7 Å². The van der Waals surface area contributed by atoms with Crippen molar-refractivity contribution in [1.82, 2.24) is 10.3 Å². The van der Waals surface area contributed by atoms with Crippen molar-refractivity contribution in [2.45, 2.75) is 64.3 Å². The second-order valence-electron chi connectivity index (χ2n) is 8.18. The Labute approximate surface area is 137 Å². The van der Waals surface area contributed by atoms with Gasteiger partial charge in [-0.05, 0) is 48.5 Å². The van der Waals surface area contributed by atoms with Crippen LogP contribution in [-0.2, 0) is 4.79 Å². The van der Waals surface area contributed by atoms with Crippen molar-refractivity contribution in [3.63, 3.8) is 0 Å². The van der Waals surface area contributed by atoms with E-state index < -0.39 is 5.54 Å². The molecule has 5 nitrogen and oxygen atoms in total. The van der Waals surface area contributed by atoms with Crippen LogP contribution in [0.1, 0.15) is 58.8 Å².